The van der Waals surface area contributed by atoms with Crippen LogP contribution in [-0.4, -0.2) is 32.9 Å². The van der Waals surface area contributed by atoms with Gasteiger partial charge in [-0.25, -0.2) is 4.98 Å². The molecule has 0 spiro atoms. The number of amides is 1. The highest BCUT2D eigenvalue weighted by Gasteiger charge is 2.22. The normalized spacial score (nSPS) is 18.6. The van der Waals surface area contributed by atoms with Crippen molar-refractivity contribution in [2.24, 2.45) is 0 Å². The quantitative estimate of drug-likeness (QED) is 0.873. The largest absolute Gasteiger partial charge is 0.340 e. The molecule has 0 aliphatic carbocycles. The van der Waals surface area contributed by atoms with Crippen LogP contribution in [0.1, 0.15) is 32.6 Å². The van der Waals surface area contributed by atoms with Crippen LogP contribution < -0.4 is 5.56 Å². The number of hydrogen-bond donors (Lipinski definition) is 0. The molecule has 2 aromatic rings. The highest BCUT2D eigenvalue weighted by molar-refractivity contribution is 5.77. The number of aryl methyl sites for hydroxylation is 1. The standard InChI is InChI=1S/C17H21N3O2/c1-13-6-4-5-10-20(13)16(21)9-11-19-12-18-15-8-3-2-7-14(15)17(19)22/h2-3,7-8,12-13H,4-6,9-11H2,1H3/t13-/m0/s1. The fraction of sp³-hybridized carbons (Fsp3) is 0.471. The molecule has 116 valence electrons. The van der Waals surface area contributed by atoms with Gasteiger partial charge in [-0.05, 0) is 38.3 Å². The summed E-state index contributed by atoms with van der Waals surface area (Å²) in [6.45, 7) is 3.32. The summed E-state index contributed by atoms with van der Waals surface area (Å²) in [5, 5.41) is 0.601. The Hall–Kier alpha value is -2.17. The van der Waals surface area contributed by atoms with Crippen molar-refractivity contribution < 1.29 is 4.79 Å². The van der Waals surface area contributed by atoms with Crippen molar-refractivity contribution in [3.63, 3.8) is 0 Å². The van der Waals surface area contributed by atoms with Crippen LogP contribution in [0.25, 0.3) is 10.9 Å². The van der Waals surface area contributed by atoms with Gasteiger partial charge in [0.2, 0.25) is 5.91 Å². The zero-order valence-corrected chi connectivity index (χ0v) is 12.9. The molecule has 3 rings (SSSR count). The summed E-state index contributed by atoms with van der Waals surface area (Å²) in [7, 11) is 0. The van der Waals surface area contributed by atoms with Crippen molar-refractivity contribution in [1.82, 2.24) is 14.5 Å². The van der Waals surface area contributed by atoms with Gasteiger partial charge in [0.15, 0.2) is 0 Å². The Balaban J connectivity index is 1.72. The fourth-order valence-electron chi connectivity index (χ4n) is 3.09. The van der Waals surface area contributed by atoms with Gasteiger partial charge in [-0.3, -0.25) is 14.2 Å². The van der Waals surface area contributed by atoms with Crippen LogP contribution in [0.2, 0.25) is 0 Å². The third-order valence-corrected chi connectivity index (χ3v) is 4.42. The number of nitrogens with zero attached hydrogens (tertiary/aromatic N) is 3. The minimum absolute atomic E-state index is 0.0786. The molecule has 5 heteroatoms. The Morgan fingerprint density at radius 3 is 2.95 bits per heavy atom. The highest BCUT2D eigenvalue weighted by atomic mass is 16.2. The van der Waals surface area contributed by atoms with Crippen molar-refractivity contribution in [1.29, 1.82) is 0 Å². The Morgan fingerprint density at radius 1 is 1.32 bits per heavy atom. The van der Waals surface area contributed by atoms with Crippen molar-refractivity contribution in [3.8, 4) is 0 Å². The average Bonchev–Trinajstić information content (AvgIpc) is 2.55. The molecule has 1 aromatic heterocycles. The predicted molar refractivity (Wildman–Crippen MR) is 85.6 cm³/mol. The van der Waals surface area contributed by atoms with Crippen LogP contribution in [0.15, 0.2) is 35.4 Å². The van der Waals surface area contributed by atoms with Gasteiger partial charge in [-0.15, -0.1) is 0 Å². The average molecular weight is 299 g/mol. The number of carbonyl (C=O) groups excluding carboxylic acids is 1. The van der Waals surface area contributed by atoms with E-state index in [2.05, 4.69) is 11.9 Å². The number of carbonyl (C=O) groups is 1. The molecule has 1 fully saturated rings. The summed E-state index contributed by atoms with van der Waals surface area (Å²) in [4.78, 5) is 31.0. The van der Waals surface area contributed by atoms with Crippen molar-refractivity contribution in [3.05, 3.63) is 40.9 Å². The van der Waals surface area contributed by atoms with E-state index >= 15 is 0 Å². The first-order chi connectivity index (χ1) is 10.7. The van der Waals surface area contributed by atoms with E-state index in [9.17, 15) is 9.59 Å². The lowest BCUT2D eigenvalue weighted by atomic mass is 10.0. The summed E-state index contributed by atoms with van der Waals surface area (Å²) in [5.74, 6) is 0.132. The Kier molecular flexibility index (Phi) is 4.22. The van der Waals surface area contributed by atoms with Crippen LogP contribution in [0, 0.1) is 0 Å². The number of hydrogen-bond acceptors (Lipinski definition) is 3. The third-order valence-electron chi connectivity index (χ3n) is 4.42. The molecule has 1 aliphatic heterocycles. The topological polar surface area (TPSA) is 55.2 Å². The van der Waals surface area contributed by atoms with Gasteiger partial charge in [0.05, 0.1) is 17.2 Å². The summed E-state index contributed by atoms with van der Waals surface area (Å²) in [5.41, 5.74) is 0.616. The van der Waals surface area contributed by atoms with Gasteiger partial charge < -0.3 is 4.90 Å². The van der Waals surface area contributed by atoms with E-state index in [-0.39, 0.29) is 11.5 Å². The number of para-hydroxylation sites is 1. The molecule has 0 bridgehead atoms. The molecule has 0 saturated carbocycles. The lowest BCUT2D eigenvalue weighted by molar-refractivity contribution is -0.134. The van der Waals surface area contributed by atoms with Crippen LogP contribution in [0.5, 0.6) is 0 Å². The van der Waals surface area contributed by atoms with Gasteiger partial charge in [0.1, 0.15) is 0 Å². The van der Waals surface area contributed by atoms with E-state index in [1.165, 1.54) is 17.3 Å². The van der Waals surface area contributed by atoms with Gasteiger partial charge in [0.25, 0.3) is 5.56 Å². The summed E-state index contributed by atoms with van der Waals surface area (Å²) < 4.78 is 1.54. The Labute approximate surface area is 129 Å². The molecule has 0 N–H and O–H groups in total. The monoisotopic (exact) mass is 299 g/mol. The molecule has 0 radical (unpaired) electrons. The van der Waals surface area contributed by atoms with E-state index in [1.54, 1.807) is 6.07 Å². The first kappa shape index (κ1) is 14.8. The molecular formula is C17H21N3O2. The van der Waals surface area contributed by atoms with Gasteiger partial charge in [-0.1, -0.05) is 12.1 Å². The molecule has 22 heavy (non-hydrogen) atoms. The van der Waals surface area contributed by atoms with E-state index in [4.69, 9.17) is 0 Å². The SMILES string of the molecule is C[C@H]1CCCCN1C(=O)CCn1cnc2ccccc2c1=O. The van der Waals surface area contributed by atoms with E-state index in [1.807, 2.05) is 23.1 Å². The minimum atomic E-state index is -0.0786. The van der Waals surface area contributed by atoms with Crippen molar-refractivity contribution in [2.45, 2.75) is 45.2 Å². The molecule has 1 amide bonds. The van der Waals surface area contributed by atoms with Crippen molar-refractivity contribution >= 4 is 16.8 Å². The summed E-state index contributed by atoms with van der Waals surface area (Å²) >= 11 is 0. The number of likely N-dealkylation sites (tertiary alicyclic amines) is 1. The zero-order chi connectivity index (χ0) is 15.5. The number of aromatic nitrogens is 2. The molecule has 1 aliphatic rings. The van der Waals surface area contributed by atoms with Gasteiger partial charge in [-0.2, -0.15) is 0 Å². The minimum Gasteiger partial charge on any atom is -0.340 e. The molecule has 1 saturated heterocycles. The molecule has 1 atom stereocenters. The third kappa shape index (κ3) is 2.89. The lowest BCUT2D eigenvalue weighted by Gasteiger charge is -2.33. The molecular weight excluding hydrogens is 278 g/mol. The number of rotatable bonds is 3. The van der Waals surface area contributed by atoms with Crippen LogP contribution >= 0.6 is 0 Å². The summed E-state index contributed by atoms with van der Waals surface area (Å²) in [6, 6.07) is 7.60. The fourth-order valence-corrected chi connectivity index (χ4v) is 3.09. The zero-order valence-electron chi connectivity index (χ0n) is 12.9. The summed E-state index contributed by atoms with van der Waals surface area (Å²) in [6.07, 6.45) is 5.23. The maximum absolute atomic E-state index is 12.4. The van der Waals surface area contributed by atoms with Gasteiger partial charge in [0, 0.05) is 25.6 Å². The molecule has 0 unspecified atom stereocenters. The van der Waals surface area contributed by atoms with E-state index in [0.29, 0.717) is 29.9 Å². The first-order valence-corrected chi connectivity index (χ1v) is 7.90. The van der Waals surface area contributed by atoms with Gasteiger partial charge >= 0.3 is 0 Å². The Morgan fingerprint density at radius 2 is 2.14 bits per heavy atom. The van der Waals surface area contributed by atoms with Crippen molar-refractivity contribution in [2.75, 3.05) is 6.54 Å². The lowest BCUT2D eigenvalue weighted by Crippen LogP contribution is -2.42. The molecule has 1 aromatic carbocycles. The second-order valence-electron chi connectivity index (χ2n) is 5.94. The molecule has 5 nitrogen and oxygen atoms in total. The van der Waals surface area contributed by atoms with Crippen LogP contribution in [0.4, 0.5) is 0 Å². The van der Waals surface area contributed by atoms with Crippen LogP contribution in [0.3, 0.4) is 0 Å². The Bertz CT molecular complexity index is 738. The first-order valence-electron chi connectivity index (χ1n) is 7.90. The smallest absolute Gasteiger partial charge is 0.261 e. The maximum atomic E-state index is 12.4. The number of piperidine rings is 1. The molecule has 2 heterocycles. The van der Waals surface area contributed by atoms with E-state index in [0.717, 1.165) is 19.4 Å². The van der Waals surface area contributed by atoms with Crippen LogP contribution in [-0.2, 0) is 11.3 Å². The highest BCUT2D eigenvalue weighted by Crippen LogP contribution is 2.17. The maximum Gasteiger partial charge on any atom is 0.261 e. The van der Waals surface area contributed by atoms with E-state index < -0.39 is 0 Å². The second-order valence-corrected chi connectivity index (χ2v) is 5.94. The number of benzene rings is 1. The number of fused-ring (bicyclic) bond motifs is 1. The second kappa shape index (κ2) is 6.30. The predicted octanol–water partition coefficient (Wildman–Crippen LogP) is 2.19.